The Bertz CT molecular complexity index is 508. The van der Waals surface area contributed by atoms with Crippen LogP contribution in [0.2, 0.25) is 0 Å². The molecule has 0 aliphatic heterocycles. The van der Waals surface area contributed by atoms with Crippen LogP contribution in [0.25, 0.3) is 0 Å². The first-order valence-corrected chi connectivity index (χ1v) is 8.98. The molecule has 2 N–H and O–H groups in total. The van der Waals surface area contributed by atoms with Gasteiger partial charge < -0.3 is 9.33 Å². The first kappa shape index (κ1) is 17.7. The van der Waals surface area contributed by atoms with E-state index in [9.17, 15) is 0 Å². The van der Waals surface area contributed by atoms with E-state index in [2.05, 4.69) is 77.9 Å². The van der Waals surface area contributed by atoms with E-state index in [1.54, 1.807) is 0 Å². The molecule has 2 aromatic carbocycles. The van der Waals surface area contributed by atoms with E-state index in [1.165, 1.54) is 0 Å². The van der Waals surface area contributed by atoms with E-state index >= 15 is 0 Å². The molecule has 0 aliphatic rings. The molecular weight excluding hydrogens is 302 g/mol. The zero-order valence-corrected chi connectivity index (χ0v) is 16.3. The van der Waals surface area contributed by atoms with Gasteiger partial charge in [0.05, 0.1) is 6.61 Å². The second-order valence-electron chi connectivity index (χ2n) is 5.36. The van der Waals surface area contributed by atoms with Gasteiger partial charge in [0, 0.05) is 11.4 Å². The Labute approximate surface area is 142 Å². The number of anilines is 2. The van der Waals surface area contributed by atoms with E-state index in [0.717, 1.165) is 24.5 Å². The minimum Gasteiger partial charge on any atom is -0.423 e. The lowest BCUT2D eigenvalue weighted by atomic mass is 10.1. The molecule has 0 fully saturated rings. The van der Waals surface area contributed by atoms with Gasteiger partial charge in [-0.05, 0) is 37.4 Å². The SMILES string of the molecule is CCNC(CO[SiH3])(NCC)N(c1ccccc1)c1ccccc1. The van der Waals surface area contributed by atoms with E-state index in [-0.39, 0.29) is 0 Å². The standard InChI is InChI=1S/C18H27N3OSi/c1-3-19-18(15-22-23,20-4-2)21(16-11-7-5-8-12-16)17-13-9-6-10-14-17/h5-14,19-20H,3-4,15H2,1-2,23H3. The summed E-state index contributed by atoms with van der Waals surface area (Å²) in [5.41, 5.74) is 2.25. The van der Waals surface area contributed by atoms with Gasteiger partial charge in [0.25, 0.3) is 0 Å². The maximum Gasteiger partial charge on any atom is 0.173 e. The first-order chi connectivity index (χ1) is 11.3. The zero-order valence-electron chi connectivity index (χ0n) is 14.3. The van der Waals surface area contributed by atoms with Gasteiger partial charge in [-0.1, -0.05) is 50.2 Å². The normalized spacial score (nSPS) is 11.6. The molecule has 23 heavy (non-hydrogen) atoms. The van der Waals surface area contributed by atoms with Crippen molar-refractivity contribution in [2.45, 2.75) is 19.6 Å². The van der Waals surface area contributed by atoms with Crippen molar-refractivity contribution in [1.82, 2.24) is 10.6 Å². The number of rotatable bonds is 9. The van der Waals surface area contributed by atoms with Gasteiger partial charge in [0.2, 0.25) is 0 Å². The van der Waals surface area contributed by atoms with Crippen molar-refractivity contribution in [2.75, 3.05) is 24.6 Å². The third-order valence-electron chi connectivity index (χ3n) is 3.70. The summed E-state index contributed by atoms with van der Waals surface area (Å²) in [6, 6.07) is 20.9. The van der Waals surface area contributed by atoms with Crippen molar-refractivity contribution in [3.05, 3.63) is 60.7 Å². The quantitative estimate of drug-likeness (QED) is 0.545. The average Bonchev–Trinajstić information content (AvgIpc) is 2.58. The Morgan fingerprint density at radius 3 is 1.65 bits per heavy atom. The molecule has 0 aliphatic carbocycles. The first-order valence-electron chi connectivity index (χ1n) is 8.16. The number of nitrogens with zero attached hydrogens (tertiary/aromatic N) is 1. The highest BCUT2D eigenvalue weighted by molar-refractivity contribution is 5.98. The summed E-state index contributed by atoms with van der Waals surface area (Å²) in [6.45, 7) is 6.49. The number of nitrogens with one attached hydrogen (secondary N) is 2. The van der Waals surface area contributed by atoms with Gasteiger partial charge in [0.15, 0.2) is 5.79 Å². The molecule has 0 saturated heterocycles. The summed E-state index contributed by atoms with van der Waals surface area (Å²) in [7, 11) is 0.698. The Balaban J connectivity index is 2.56. The van der Waals surface area contributed by atoms with Crippen LogP contribution < -0.4 is 15.5 Å². The molecule has 124 valence electrons. The number of hydrogen-bond donors (Lipinski definition) is 2. The topological polar surface area (TPSA) is 36.5 Å². The Morgan fingerprint density at radius 1 is 0.870 bits per heavy atom. The van der Waals surface area contributed by atoms with Crippen molar-refractivity contribution in [3.8, 4) is 0 Å². The second-order valence-corrected chi connectivity index (χ2v) is 5.94. The Hall–Kier alpha value is -1.66. The van der Waals surface area contributed by atoms with Crippen LogP contribution >= 0.6 is 0 Å². The zero-order chi connectivity index (χ0) is 16.5. The largest absolute Gasteiger partial charge is 0.423 e. The van der Waals surface area contributed by atoms with Gasteiger partial charge in [-0.3, -0.25) is 10.6 Å². The Kier molecular flexibility index (Phi) is 6.79. The number of likely N-dealkylation sites (N-methyl/N-ethyl adjacent to an activating group) is 2. The lowest BCUT2D eigenvalue weighted by Gasteiger charge is -2.46. The molecule has 0 radical (unpaired) electrons. The third-order valence-corrected chi connectivity index (χ3v) is 3.99. The van der Waals surface area contributed by atoms with E-state index in [0.29, 0.717) is 17.1 Å². The van der Waals surface area contributed by atoms with Crippen molar-refractivity contribution >= 4 is 21.9 Å². The van der Waals surface area contributed by atoms with E-state index in [4.69, 9.17) is 4.43 Å². The van der Waals surface area contributed by atoms with Gasteiger partial charge in [-0.25, -0.2) is 0 Å². The molecule has 5 heteroatoms. The van der Waals surface area contributed by atoms with Crippen molar-refractivity contribution in [3.63, 3.8) is 0 Å². The van der Waals surface area contributed by atoms with Crippen molar-refractivity contribution in [2.24, 2.45) is 0 Å². The minimum absolute atomic E-state index is 0.478. The summed E-state index contributed by atoms with van der Waals surface area (Å²) >= 11 is 0. The van der Waals surface area contributed by atoms with Gasteiger partial charge in [-0.15, -0.1) is 0 Å². The summed E-state index contributed by atoms with van der Waals surface area (Å²) in [5, 5.41) is 7.21. The molecule has 0 aromatic heterocycles. The molecule has 4 nitrogen and oxygen atoms in total. The molecule has 0 amide bonds. The monoisotopic (exact) mass is 329 g/mol. The highest BCUT2D eigenvalue weighted by atomic mass is 28.2. The van der Waals surface area contributed by atoms with Gasteiger partial charge >= 0.3 is 0 Å². The van der Waals surface area contributed by atoms with Gasteiger partial charge in [0.1, 0.15) is 10.5 Å². The summed E-state index contributed by atoms with van der Waals surface area (Å²) < 4.78 is 5.71. The van der Waals surface area contributed by atoms with E-state index < -0.39 is 5.79 Å². The molecule has 0 atom stereocenters. The number of hydrogen-bond acceptors (Lipinski definition) is 4. The highest BCUT2D eigenvalue weighted by Gasteiger charge is 2.36. The summed E-state index contributed by atoms with van der Waals surface area (Å²) in [6.07, 6.45) is 0. The summed E-state index contributed by atoms with van der Waals surface area (Å²) in [4.78, 5) is 2.29. The molecule has 2 rings (SSSR count). The van der Waals surface area contributed by atoms with Gasteiger partial charge in [-0.2, -0.15) is 0 Å². The smallest absolute Gasteiger partial charge is 0.173 e. The fourth-order valence-corrected chi connectivity index (χ4v) is 3.34. The highest BCUT2D eigenvalue weighted by Crippen LogP contribution is 2.31. The van der Waals surface area contributed by atoms with Crippen molar-refractivity contribution in [1.29, 1.82) is 0 Å². The molecule has 0 saturated carbocycles. The van der Waals surface area contributed by atoms with Crippen LogP contribution in [0.3, 0.4) is 0 Å². The van der Waals surface area contributed by atoms with Crippen LogP contribution in [0.1, 0.15) is 13.8 Å². The lowest BCUT2D eigenvalue weighted by Crippen LogP contribution is -2.69. The lowest BCUT2D eigenvalue weighted by molar-refractivity contribution is 0.162. The predicted octanol–water partition coefficient (Wildman–Crippen LogP) is 1.99. The minimum atomic E-state index is -0.478. The second kappa shape index (κ2) is 8.84. The van der Waals surface area contributed by atoms with Crippen LogP contribution in [0, 0.1) is 0 Å². The molecule has 0 spiro atoms. The molecule has 0 unspecified atom stereocenters. The molecular formula is C18H27N3OSi. The van der Waals surface area contributed by atoms with Crippen LogP contribution in [-0.2, 0) is 4.43 Å². The van der Waals surface area contributed by atoms with Crippen molar-refractivity contribution < 1.29 is 4.43 Å². The predicted molar refractivity (Wildman–Crippen MR) is 101 cm³/mol. The van der Waals surface area contributed by atoms with E-state index in [1.807, 2.05) is 12.1 Å². The summed E-state index contributed by atoms with van der Waals surface area (Å²) in [5.74, 6) is -0.478. The maximum atomic E-state index is 5.71. The molecule has 0 heterocycles. The van der Waals surface area contributed by atoms with Crippen LogP contribution in [0.15, 0.2) is 60.7 Å². The van der Waals surface area contributed by atoms with Crippen LogP contribution in [0.5, 0.6) is 0 Å². The third kappa shape index (κ3) is 4.20. The van der Waals surface area contributed by atoms with Crippen LogP contribution in [-0.4, -0.2) is 36.0 Å². The fraction of sp³-hybridized carbons (Fsp3) is 0.333. The number of para-hydroxylation sites is 2. The van der Waals surface area contributed by atoms with Crippen LogP contribution in [0.4, 0.5) is 11.4 Å². The maximum absolute atomic E-state index is 5.71. The average molecular weight is 330 g/mol. The molecule has 2 aromatic rings. The molecule has 0 bridgehead atoms. The fourth-order valence-electron chi connectivity index (χ4n) is 2.92. The Morgan fingerprint density at radius 2 is 1.30 bits per heavy atom. The number of benzene rings is 2.